The van der Waals surface area contributed by atoms with E-state index in [2.05, 4.69) is 0 Å². The maximum absolute atomic E-state index is 10.8. The maximum atomic E-state index is 10.8. The first-order valence-electron chi connectivity index (χ1n) is 4.43. The lowest BCUT2D eigenvalue weighted by molar-refractivity contribution is -0.121. The fraction of sp³-hybridized carbons (Fsp3) is 0.300. The Morgan fingerprint density at radius 3 is 2.33 bits per heavy atom. The molecule has 0 saturated carbocycles. The van der Waals surface area contributed by atoms with Gasteiger partial charge in [0.15, 0.2) is 0 Å². The van der Waals surface area contributed by atoms with Crippen LogP contribution < -0.4 is 11.5 Å². The molecule has 0 aliphatic rings. The van der Waals surface area contributed by atoms with E-state index >= 15 is 0 Å². The zero-order valence-corrected chi connectivity index (χ0v) is 9.20. The van der Waals surface area contributed by atoms with Crippen molar-refractivity contribution in [2.45, 2.75) is 17.0 Å². The molecule has 0 spiro atoms. The average molecular weight is 226 g/mol. The number of hydrogen-bond donors (Lipinski definition) is 3. The second-order valence-electron chi connectivity index (χ2n) is 3.15. The number of aliphatic hydroxyl groups is 1. The summed E-state index contributed by atoms with van der Waals surface area (Å²) in [4.78, 5) is 11.9. The molecule has 5 heteroatoms. The van der Waals surface area contributed by atoms with Crippen LogP contribution in [0, 0.1) is 0 Å². The molecule has 0 radical (unpaired) electrons. The summed E-state index contributed by atoms with van der Waals surface area (Å²) in [5.74, 6) is -0.712. The van der Waals surface area contributed by atoms with Gasteiger partial charge in [0.25, 0.3) is 0 Å². The first-order valence-corrected chi connectivity index (χ1v) is 5.65. The van der Waals surface area contributed by atoms with Crippen LogP contribution in [0.3, 0.4) is 0 Å². The fourth-order valence-electron chi connectivity index (χ4n) is 1.16. The topological polar surface area (TPSA) is 89.3 Å². The molecular weight excluding hydrogens is 212 g/mol. The molecule has 5 N–H and O–H groups in total. The van der Waals surface area contributed by atoms with Gasteiger partial charge in [-0.25, -0.2) is 0 Å². The summed E-state index contributed by atoms with van der Waals surface area (Å²) in [6.07, 6.45) is 0.916. The molecule has 2 unspecified atom stereocenters. The molecule has 1 amide bonds. The maximum Gasteiger partial charge on any atom is 0.237 e. The zero-order chi connectivity index (χ0) is 11.4. The number of carbonyl (C=O) groups is 1. The first-order chi connectivity index (χ1) is 7.06. The Balaban J connectivity index is 2.82. The van der Waals surface area contributed by atoms with E-state index in [1.54, 1.807) is 23.9 Å². The van der Waals surface area contributed by atoms with Crippen molar-refractivity contribution in [2.75, 3.05) is 6.26 Å². The first kappa shape index (κ1) is 12.0. The molecule has 15 heavy (non-hydrogen) atoms. The molecule has 0 aromatic heterocycles. The molecule has 0 saturated heterocycles. The Hall–Kier alpha value is -1.04. The highest BCUT2D eigenvalue weighted by Crippen LogP contribution is 2.20. The monoisotopic (exact) mass is 226 g/mol. The predicted molar refractivity (Wildman–Crippen MR) is 60.4 cm³/mol. The van der Waals surface area contributed by atoms with Crippen LogP contribution in [0.4, 0.5) is 0 Å². The Morgan fingerprint density at radius 1 is 1.40 bits per heavy atom. The minimum Gasteiger partial charge on any atom is -0.386 e. The highest BCUT2D eigenvalue weighted by molar-refractivity contribution is 7.98. The van der Waals surface area contributed by atoms with Gasteiger partial charge in [-0.3, -0.25) is 4.79 Å². The van der Waals surface area contributed by atoms with Crippen molar-refractivity contribution in [3.05, 3.63) is 29.8 Å². The number of carbonyl (C=O) groups excluding carboxylic acids is 1. The summed E-state index contributed by atoms with van der Waals surface area (Å²) in [5, 5.41) is 9.69. The minimum atomic E-state index is -1.06. The van der Waals surface area contributed by atoms with Crippen LogP contribution in [0.1, 0.15) is 11.7 Å². The zero-order valence-electron chi connectivity index (χ0n) is 8.38. The molecule has 0 bridgehead atoms. The molecule has 0 aliphatic carbocycles. The van der Waals surface area contributed by atoms with Crippen LogP contribution in [0.25, 0.3) is 0 Å². The average Bonchev–Trinajstić information content (AvgIpc) is 2.27. The van der Waals surface area contributed by atoms with Crippen LogP contribution in [-0.4, -0.2) is 23.3 Å². The van der Waals surface area contributed by atoms with Gasteiger partial charge in [-0.05, 0) is 24.0 Å². The molecule has 1 aromatic rings. The Kier molecular flexibility index (Phi) is 4.14. The smallest absolute Gasteiger partial charge is 0.237 e. The van der Waals surface area contributed by atoms with E-state index in [1.807, 2.05) is 18.4 Å². The van der Waals surface area contributed by atoms with Crippen molar-refractivity contribution in [3.8, 4) is 0 Å². The van der Waals surface area contributed by atoms with E-state index in [0.717, 1.165) is 4.90 Å². The van der Waals surface area contributed by atoms with Gasteiger partial charge >= 0.3 is 0 Å². The summed E-state index contributed by atoms with van der Waals surface area (Å²) in [6, 6.07) is 6.12. The fourth-order valence-corrected chi connectivity index (χ4v) is 1.57. The Labute approximate surface area is 92.6 Å². The molecule has 4 nitrogen and oxygen atoms in total. The van der Waals surface area contributed by atoms with Gasteiger partial charge in [-0.15, -0.1) is 11.8 Å². The van der Waals surface area contributed by atoms with Crippen molar-refractivity contribution in [3.63, 3.8) is 0 Å². The molecule has 82 valence electrons. The van der Waals surface area contributed by atoms with Gasteiger partial charge in [-0.1, -0.05) is 12.1 Å². The largest absolute Gasteiger partial charge is 0.386 e. The SMILES string of the molecule is CSc1ccc(C(O)C(N)C(N)=O)cc1. The van der Waals surface area contributed by atoms with Crippen molar-refractivity contribution in [1.29, 1.82) is 0 Å². The van der Waals surface area contributed by atoms with Gasteiger partial charge in [-0.2, -0.15) is 0 Å². The lowest BCUT2D eigenvalue weighted by Gasteiger charge is -2.16. The van der Waals surface area contributed by atoms with Crippen LogP contribution in [0.5, 0.6) is 0 Å². The Bertz CT molecular complexity index is 340. The van der Waals surface area contributed by atoms with Gasteiger partial charge in [0.05, 0.1) is 0 Å². The predicted octanol–water partition coefficient (Wildman–Crippen LogP) is 0.254. The summed E-state index contributed by atoms with van der Waals surface area (Å²) in [7, 11) is 0. The summed E-state index contributed by atoms with van der Waals surface area (Å²) in [6.45, 7) is 0. The lowest BCUT2D eigenvalue weighted by Crippen LogP contribution is -2.41. The number of rotatable bonds is 4. The summed E-state index contributed by atoms with van der Waals surface area (Å²) >= 11 is 1.60. The lowest BCUT2D eigenvalue weighted by atomic mass is 10.0. The number of benzene rings is 1. The molecule has 1 rings (SSSR count). The van der Waals surface area contributed by atoms with Gasteiger partial charge in [0.1, 0.15) is 12.1 Å². The molecule has 0 heterocycles. The third-order valence-corrected chi connectivity index (χ3v) is 2.87. The van der Waals surface area contributed by atoms with Crippen molar-refractivity contribution in [2.24, 2.45) is 11.5 Å². The van der Waals surface area contributed by atoms with E-state index < -0.39 is 18.1 Å². The number of amides is 1. The molecule has 2 atom stereocenters. The third kappa shape index (κ3) is 2.95. The van der Waals surface area contributed by atoms with Crippen LogP contribution in [-0.2, 0) is 4.79 Å². The molecular formula is C10H14N2O2S. The van der Waals surface area contributed by atoms with E-state index in [0.29, 0.717) is 5.56 Å². The van der Waals surface area contributed by atoms with Crippen molar-refractivity contribution >= 4 is 17.7 Å². The summed E-state index contributed by atoms with van der Waals surface area (Å²) in [5.41, 5.74) is 11.0. The third-order valence-electron chi connectivity index (χ3n) is 2.13. The molecule has 0 aliphatic heterocycles. The molecule has 0 fully saturated rings. The van der Waals surface area contributed by atoms with Crippen LogP contribution >= 0.6 is 11.8 Å². The van der Waals surface area contributed by atoms with Crippen molar-refractivity contribution < 1.29 is 9.90 Å². The Morgan fingerprint density at radius 2 is 1.93 bits per heavy atom. The second kappa shape index (κ2) is 5.16. The van der Waals surface area contributed by atoms with E-state index in [4.69, 9.17) is 11.5 Å². The van der Waals surface area contributed by atoms with Crippen molar-refractivity contribution in [1.82, 2.24) is 0 Å². The van der Waals surface area contributed by atoms with Gasteiger partial charge in [0.2, 0.25) is 5.91 Å². The van der Waals surface area contributed by atoms with Gasteiger partial charge in [0, 0.05) is 4.90 Å². The van der Waals surface area contributed by atoms with E-state index in [9.17, 15) is 9.90 Å². The van der Waals surface area contributed by atoms with Gasteiger partial charge < -0.3 is 16.6 Å². The second-order valence-corrected chi connectivity index (χ2v) is 4.03. The number of primary amides is 1. The van der Waals surface area contributed by atoms with Crippen LogP contribution in [0.2, 0.25) is 0 Å². The number of aliphatic hydroxyl groups excluding tert-OH is 1. The standard InChI is InChI=1S/C10H14N2O2S/c1-15-7-4-2-6(3-5-7)9(13)8(11)10(12)14/h2-5,8-9,13H,11H2,1H3,(H2,12,14). The summed E-state index contributed by atoms with van der Waals surface area (Å²) < 4.78 is 0. The van der Waals surface area contributed by atoms with E-state index in [-0.39, 0.29) is 0 Å². The van der Waals surface area contributed by atoms with E-state index in [1.165, 1.54) is 0 Å². The highest BCUT2D eigenvalue weighted by Gasteiger charge is 2.21. The molecule has 1 aromatic carbocycles. The highest BCUT2D eigenvalue weighted by atomic mass is 32.2. The quantitative estimate of drug-likeness (QED) is 0.642. The number of hydrogen-bond acceptors (Lipinski definition) is 4. The minimum absolute atomic E-state index is 0.596. The number of thioether (sulfide) groups is 1. The van der Waals surface area contributed by atoms with Crippen LogP contribution in [0.15, 0.2) is 29.2 Å². The normalized spacial score (nSPS) is 14.6. The number of nitrogens with two attached hydrogens (primary N) is 2.